The Morgan fingerprint density at radius 1 is 1.37 bits per heavy atom. The van der Waals surface area contributed by atoms with E-state index in [9.17, 15) is 4.79 Å². The lowest BCUT2D eigenvalue weighted by atomic mass is 10.1. The largest absolute Gasteiger partial charge is 0.493 e. The van der Waals surface area contributed by atoms with Gasteiger partial charge in [0.25, 0.3) is 5.91 Å². The molecule has 1 amide bonds. The third-order valence-corrected chi connectivity index (χ3v) is 3.66. The number of carbonyl (C=O) groups excluding carboxylic acids is 1. The molecule has 0 aromatic heterocycles. The Bertz CT molecular complexity index is 470. The Balaban J connectivity index is 2.10. The van der Waals surface area contributed by atoms with Crippen LogP contribution in [-0.2, 0) is 0 Å². The summed E-state index contributed by atoms with van der Waals surface area (Å²) in [6.07, 6.45) is 2.16. The molecule has 1 aliphatic carbocycles. The van der Waals surface area contributed by atoms with E-state index in [1.807, 2.05) is 0 Å². The molecule has 2 rings (SSSR count). The average Bonchev–Trinajstić information content (AvgIpc) is 3.24. The van der Waals surface area contributed by atoms with Crippen molar-refractivity contribution in [1.29, 1.82) is 0 Å². The van der Waals surface area contributed by atoms with Crippen LogP contribution >= 0.6 is 0 Å². The van der Waals surface area contributed by atoms with Crippen molar-refractivity contribution in [3.63, 3.8) is 0 Å². The summed E-state index contributed by atoms with van der Waals surface area (Å²) in [7, 11) is 3.07. The maximum Gasteiger partial charge on any atom is 0.255 e. The number of benzene rings is 1. The number of methoxy groups -OCH3 is 2. The predicted octanol–water partition coefficient (Wildman–Crippen LogP) is 1.17. The van der Waals surface area contributed by atoms with E-state index in [0.29, 0.717) is 30.2 Å². The number of carbonyl (C=O) groups is 1. The van der Waals surface area contributed by atoms with E-state index in [-0.39, 0.29) is 11.3 Å². The minimum atomic E-state index is -0.157. The summed E-state index contributed by atoms with van der Waals surface area (Å²) >= 11 is 0. The molecule has 3 N–H and O–H groups in total. The van der Waals surface area contributed by atoms with Crippen LogP contribution in [0.1, 0.15) is 23.2 Å². The third kappa shape index (κ3) is 2.81. The van der Waals surface area contributed by atoms with Gasteiger partial charge in [0.1, 0.15) is 0 Å². The summed E-state index contributed by atoms with van der Waals surface area (Å²) in [6.45, 7) is 1.23. The van der Waals surface area contributed by atoms with Gasteiger partial charge in [-0.25, -0.2) is 0 Å². The Morgan fingerprint density at radius 2 is 2.11 bits per heavy atom. The van der Waals surface area contributed by atoms with Gasteiger partial charge < -0.3 is 20.5 Å². The molecule has 104 valence electrons. The zero-order valence-electron chi connectivity index (χ0n) is 11.4. The van der Waals surface area contributed by atoms with Crippen LogP contribution in [0.15, 0.2) is 18.2 Å². The molecule has 5 nitrogen and oxygen atoms in total. The summed E-state index contributed by atoms with van der Waals surface area (Å²) in [5.74, 6) is 0.852. The molecule has 0 heterocycles. The lowest BCUT2D eigenvalue weighted by Gasteiger charge is -2.15. The first-order valence-corrected chi connectivity index (χ1v) is 6.35. The molecule has 0 spiro atoms. The van der Waals surface area contributed by atoms with Gasteiger partial charge in [-0.3, -0.25) is 4.79 Å². The van der Waals surface area contributed by atoms with E-state index >= 15 is 0 Å². The van der Waals surface area contributed by atoms with Gasteiger partial charge in [-0.05, 0) is 31.5 Å². The molecular weight excluding hydrogens is 244 g/mol. The fourth-order valence-electron chi connectivity index (χ4n) is 2.06. The third-order valence-electron chi connectivity index (χ3n) is 3.66. The van der Waals surface area contributed by atoms with Crippen LogP contribution in [0.5, 0.6) is 11.5 Å². The standard InChI is InChI=1S/C14H20N2O3/c1-18-11-5-3-4-10(12(11)19-2)13(17)16-9-14(8-15)6-7-14/h3-5H,6-9,15H2,1-2H3,(H,16,17). The fraction of sp³-hybridized carbons (Fsp3) is 0.500. The molecule has 1 fully saturated rings. The topological polar surface area (TPSA) is 73.6 Å². The minimum Gasteiger partial charge on any atom is -0.493 e. The second-order valence-corrected chi connectivity index (χ2v) is 4.93. The maximum absolute atomic E-state index is 12.2. The van der Waals surface area contributed by atoms with Gasteiger partial charge in [-0.2, -0.15) is 0 Å². The molecule has 1 aromatic carbocycles. The molecular formula is C14H20N2O3. The maximum atomic E-state index is 12.2. The van der Waals surface area contributed by atoms with Crippen LogP contribution in [0.4, 0.5) is 0 Å². The molecule has 0 aliphatic heterocycles. The number of hydrogen-bond donors (Lipinski definition) is 2. The normalized spacial score (nSPS) is 15.7. The second-order valence-electron chi connectivity index (χ2n) is 4.93. The molecule has 19 heavy (non-hydrogen) atoms. The van der Waals surface area contributed by atoms with Crippen molar-refractivity contribution < 1.29 is 14.3 Å². The van der Waals surface area contributed by atoms with Crippen molar-refractivity contribution in [3.05, 3.63) is 23.8 Å². The molecule has 0 radical (unpaired) electrons. The smallest absolute Gasteiger partial charge is 0.255 e. The summed E-state index contributed by atoms with van der Waals surface area (Å²) in [5, 5.41) is 2.92. The van der Waals surface area contributed by atoms with Crippen molar-refractivity contribution >= 4 is 5.91 Å². The van der Waals surface area contributed by atoms with Gasteiger partial charge >= 0.3 is 0 Å². The number of nitrogens with two attached hydrogens (primary N) is 1. The van der Waals surface area contributed by atoms with Gasteiger partial charge in [0.2, 0.25) is 0 Å². The first-order chi connectivity index (χ1) is 9.15. The van der Waals surface area contributed by atoms with Crippen LogP contribution in [0.2, 0.25) is 0 Å². The minimum absolute atomic E-state index is 0.113. The van der Waals surface area contributed by atoms with Gasteiger partial charge in [0, 0.05) is 12.0 Å². The monoisotopic (exact) mass is 264 g/mol. The Kier molecular flexibility index (Phi) is 3.95. The summed E-state index contributed by atoms with van der Waals surface area (Å²) < 4.78 is 10.4. The summed E-state index contributed by atoms with van der Waals surface area (Å²) in [5.41, 5.74) is 6.29. The van der Waals surface area contributed by atoms with Gasteiger partial charge in [0.15, 0.2) is 11.5 Å². The van der Waals surface area contributed by atoms with Crippen molar-refractivity contribution in [2.24, 2.45) is 11.1 Å². The summed E-state index contributed by atoms with van der Waals surface area (Å²) in [6, 6.07) is 5.25. The highest BCUT2D eigenvalue weighted by atomic mass is 16.5. The number of amides is 1. The molecule has 0 unspecified atom stereocenters. The molecule has 5 heteroatoms. The quantitative estimate of drug-likeness (QED) is 0.809. The van der Waals surface area contributed by atoms with E-state index in [0.717, 1.165) is 12.8 Å². The number of para-hydroxylation sites is 1. The fourth-order valence-corrected chi connectivity index (χ4v) is 2.06. The highest BCUT2D eigenvalue weighted by Crippen LogP contribution is 2.43. The first kappa shape index (κ1) is 13.7. The van der Waals surface area contributed by atoms with Gasteiger partial charge in [-0.15, -0.1) is 0 Å². The highest BCUT2D eigenvalue weighted by Gasteiger charge is 2.41. The van der Waals surface area contributed by atoms with Crippen LogP contribution in [-0.4, -0.2) is 33.2 Å². The van der Waals surface area contributed by atoms with Crippen LogP contribution in [0.25, 0.3) is 0 Å². The van der Waals surface area contributed by atoms with Crippen molar-refractivity contribution in [2.75, 3.05) is 27.3 Å². The molecule has 1 saturated carbocycles. The number of rotatable bonds is 6. The lowest BCUT2D eigenvalue weighted by Crippen LogP contribution is -2.34. The zero-order valence-corrected chi connectivity index (χ0v) is 11.4. The number of ether oxygens (including phenoxy) is 2. The van der Waals surface area contributed by atoms with Gasteiger partial charge in [0.05, 0.1) is 19.8 Å². The van der Waals surface area contributed by atoms with E-state index in [2.05, 4.69) is 5.32 Å². The molecule has 0 atom stereocenters. The van der Waals surface area contributed by atoms with E-state index < -0.39 is 0 Å². The summed E-state index contributed by atoms with van der Waals surface area (Å²) in [4.78, 5) is 12.2. The Hall–Kier alpha value is -1.75. The lowest BCUT2D eigenvalue weighted by molar-refractivity contribution is 0.0941. The van der Waals surface area contributed by atoms with E-state index in [1.165, 1.54) is 7.11 Å². The average molecular weight is 264 g/mol. The van der Waals surface area contributed by atoms with Crippen molar-refractivity contribution in [2.45, 2.75) is 12.8 Å². The van der Waals surface area contributed by atoms with Gasteiger partial charge in [-0.1, -0.05) is 6.07 Å². The zero-order chi connectivity index (χ0) is 13.9. The molecule has 1 aliphatic rings. The van der Waals surface area contributed by atoms with E-state index in [1.54, 1.807) is 25.3 Å². The predicted molar refractivity (Wildman–Crippen MR) is 72.6 cm³/mol. The SMILES string of the molecule is COc1cccc(C(=O)NCC2(CN)CC2)c1OC. The van der Waals surface area contributed by atoms with Crippen molar-refractivity contribution in [1.82, 2.24) is 5.32 Å². The van der Waals surface area contributed by atoms with E-state index in [4.69, 9.17) is 15.2 Å². The van der Waals surface area contributed by atoms with Crippen LogP contribution in [0.3, 0.4) is 0 Å². The molecule has 0 bridgehead atoms. The first-order valence-electron chi connectivity index (χ1n) is 6.35. The number of hydrogen-bond acceptors (Lipinski definition) is 4. The molecule has 0 saturated heterocycles. The second kappa shape index (κ2) is 5.48. The van der Waals surface area contributed by atoms with Crippen LogP contribution in [0, 0.1) is 5.41 Å². The van der Waals surface area contributed by atoms with Crippen molar-refractivity contribution in [3.8, 4) is 11.5 Å². The highest BCUT2D eigenvalue weighted by molar-refractivity contribution is 5.97. The van der Waals surface area contributed by atoms with Crippen LogP contribution < -0.4 is 20.5 Å². The Morgan fingerprint density at radius 3 is 2.63 bits per heavy atom. The Labute approximate surface area is 113 Å². The number of nitrogens with one attached hydrogen (secondary N) is 1. The molecule has 1 aromatic rings.